The van der Waals surface area contributed by atoms with Crippen LogP contribution in [0.5, 0.6) is 0 Å². The molecule has 0 radical (unpaired) electrons. The van der Waals surface area contributed by atoms with Gasteiger partial charge in [0.1, 0.15) is 29.1 Å². The lowest BCUT2D eigenvalue weighted by Crippen LogP contribution is -2.30. The molecule has 11 heteroatoms. The first-order valence-corrected chi connectivity index (χ1v) is 9.87. The Hall–Kier alpha value is -2.98. The number of amides is 2. The van der Waals surface area contributed by atoms with Crippen LogP contribution in [0.4, 0.5) is 25.9 Å². The van der Waals surface area contributed by atoms with Crippen molar-refractivity contribution in [1.29, 1.82) is 0 Å². The smallest absolute Gasteiger partial charge is 0.444 e. The zero-order chi connectivity index (χ0) is 24.0. The van der Waals surface area contributed by atoms with Gasteiger partial charge in [-0.15, -0.1) is 0 Å². The van der Waals surface area contributed by atoms with Crippen molar-refractivity contribution in [2.24, 2.45) is 0 Å². The summed E-state index contributed by atoms with van der Waals surface area (Å²) in [7, 11) is 0. The minimum Gasteiger partial charge on any atom is -0.444 e. The van der Waals surface area contributed by atoms with Crippen LogP contribution >= 0.6 is 0 Å². The second kappa shape index (κ2) is 9.88. The van der Waals surface area contributed by atoms with Crippen molar-refractivity contribution < 1.29 is 33.3 Å². The highest BCUT2D eigenvalue weighted by molar-refractivity contribution is 5.94. The third-order valence-corrected chi connectivity index (χ3v) is 3.01. The van der Waals surface area contributed by atoms with Gasteiger partial charge in [0.2, 0.25) is 0 Å². The Morgan fingerprint density at radius 2 is 1.32 bits per heavy atom. The van der Waals surface area contributed by atoms with Crippen molar-refractivity contribution in [2.75, 3.05) is 17.2 Å². The maximum Gasteiger partial charge on any atom is 0.508 e. The fourth-order valence-corrected chi connectivity index (χ4v) is 2.09. The van der Waals surface area contributed by atoms with E-state index in [4.69, 9.17) is 18.9 Å². The van der Waals surface area contributed by atoms with Crippen LogP contribution in [0.3, 0.4) is 0 Å². The molecule has 2 N–H and O–H groups in total. The number of aromatic nitrogens is 2. The molecule has 1 aromatic rings. The molecule has 0 aliphatic rings. The largest absolute Gasteiger partial charge is 0.508 e. The fraction of sp³-hybridized carbons (Fsp3) is 0.700. The molecule has 0 unspecified atom stereocenters. The summed E-state index contributed by atoms with van der Waals surface area (Å²) in [5.41, 5.74) is -1.93. The van der Waals surface area contributed by atoms with Gasteiger partial charge in [0.15, 0.2) is 5.82 Å². The van der Waals surface area contributed by atoms with Crippen LogP contribution in [0.25, 0.3) is 0 Å². The number of ether oxygens (including phenoxy) is 4. The van der Waals surface area contributed by atoms with Crippen molar-refractivity contribution in [3.63, 3.8) is 0 Å². The van der Waals surface area contributed by atoms with Crippen LogP contribution in [0.15, 0.2) is 6.20 Å². The van der Waals surface area contributed by atoms with E-state index in [0.29, 0.717) is 0 Å². The van der Waals surface area contributed by atoms with Crippen molar-refractivity contribution in [1.82, 2.24) is 9.78 Å². The number of carbonyl (C=O) groups excluding carboxylic acids is 3. The molecule has 0 saturated heterocycles. The molecule has 0 aromatic carbocycles. The average Bonchev–Trinajstić information content (AvgIpc) is 2.83. The Kier molecular flexibility index (Phi) is 8.31. The maximum atomic E-state index is 12.3. The standard InChI is InChI=1S/C20H34N4O7/c1-18(2,3)29-15(25)22-13-12-21-24(10-11-28-17(27)31-20(7,8)9)14(13)23-16(26)30-19(4,5)6/h12H,10-11H2,1-9H3,(H,22,25)(H,23,26). The van der Waals surface area contributed by atoms with E-state index < -0.39 is 35.1 Å². The lowest BCUT2D eigenvalue weighted by Gasteiger charge is -2.21. The molecule has 0 fully saturated rings. The molecule has 1 aromatic heterocycles. The molecule has 1 rings (SSSR count). The molecule has 176 valence electrons. The number of carbonyl (C=O) groups is 3. The molecule has 0 atom stereocenters. The Labute approximate surface area is 182 Å². The number of nitrogens with zero attached hydrogens (tertiary/aromatic N) is 2. The zero-order valence-corrected chi connectivity index (χ0v) is 19.7. The van der Waals surface area contributed by atoms with Gasteiger partial charge in [0.25, 0.3) is 0 Å². The maximum absolute atomic E-state index is 12.3. The molecule has 1 heterocycles. The number of hydrogen-bond donors (Lipinski definition) is 2. The summed E-state index contributed by atoms with van der Waals surface area (Å²) in [5.74, 6) is 0.146. The average molecular weight is 443 g/mol. The lowest BCUT2D eigenvalue weighted by molar-refractivity contribution is -0.00863. The summed E-state index contributed by atoms with van der Waals surface area (Å²) in [6.07, 6.45) is -0.948. The predicted octanol–water partition coefficient (Wildman–Crippen LogP) is 4.53. The summed E-state index contributed by atoms with van der Waals surface area (Å²) in [4.78, 5) is 36.1. The van der Waals surface area contributed by atoms with Crippen LogP contribution in [-0.4, -0.2) is 51.5 Å². The Morgan fingerprint density at radius 3 is 1.81 bits per heavy atom. The first-order valence-electron chi connectivity index (χ1n) is 9.87. The van der Waals surface area contributed by atoms with E-state index in [0.717, 1.165) is 0 Å². The monoisotopic (exact) mass is 442 g/mol. The number of rotatable bonds is 5. The van der Waals surface area contributed by atoms with Gasteiger partial charge in [-0.2, -0.15) is 5.10 Å². The van der Waals surface area contributed by atoms with E-state index in [-0.39, 0.29) is 24.7 Å². The molecule has 0 spiro atoms. The van der Waals surface area contributed by atoms with Gasteiger partial charge in [-0.05, 0) is 62.3 Å². The highest BCUT2D eigenvalue weighted by Crippen LogP contribution is 2.23. The summed E-state index contributed by atoms with van der Waals surface area (Å²) in [5, 5.41) is 9.23. The molecular formula is C20H34N4O7. The minimum atomic E-state index is -0.826. The second-order valence-corrected chi connectivity index (χ2v) is 9.70. The topological polar surface area (TPSA) is 130 Å². The van der Waals surface area contributed by atoms with Crippen LogP contribution in [0.1, 0.15) is 62.3 Å². The van der Waals surface area contributed by atoms with Gasteiger partial charge < -0.3 is 18.9 Å². The molecule has 0 aliphatic carbocycles. The number of anilines is 2. The van der Waals surface area contributed by atoms with Gasteiger partial charge in [0, 0.05) is 0 Å². The van der Waals surface area contributed by atoms with Gasteiger partial charge in [-0.1, -0.05) is 0 Å². The molecule has 0 bridgehead atoms. The van der Waals surface area contributed by atoms with E-state index in [1.807, 2.05) is 0 Å². The highest BCUT2D eigenvalue weighted by atomic mass is 16.7. The van der Waals surface area contributed by atoms with Crippen molar-refractivity contribution in [3.05, 3.63) is 6.20 Å². The van der Waals surface area contributed by atoms with E-state index in [1.165, 1.54) is 10.9 Å². The number of hydrogen-bond acceptors (Lipinski definition) is 8. The second-order valence-electron chi connectivity index (χ2n) is 9.70. The van der Waals surface area contributed by atoms with Crippen LogP contribution in [0.2, 0.25) is 0 Å². The van der Waals surface area contributed by atoms with Crippen molar-refractivity contribution in [2.45, 2.75) is 85.7 Å². The quantitative estimate of drug-likeness (QED) is 0.502. The van der Waals surface area contributed by atoms with Crippen LogP contribution < -0.4 is 10.6 Å². The zero-order valence-electron chi connectivity index (χ0n) is 19.7. The van der Waals surface area contributed by atoms with Gasteiger partial charge in [-0.25, -0.2) is 19.1 Å². The molecule has 0 aliphatic heterocycles. The van der Waals surface area contributed by atoms with Crippen molar-refractivity contribution in [3.8, 4) is 0 Å². The Morgan fingerprint density at radius 1 is 0.839 bits per heavy atom. The third kappa shape index (κ3) is 11.1. The van der Waals surface area contributed by atoms with Gasteiger partial charge in [0.05, 0.1) is 12.7 Å². The summed E-state index contributed by atoms with van der Waals surface area (Å²) >= 11 is 0. The molecule has 31 heavy (non-hydrogen) atoms. The minimum absolute atomic E-state index is 0.0779. The molecule has 11 nitrogen and oxygen atoms in total. The summed E-state index contributed by atoms with van der Waals surface area (Å²) < 4.78 is 22.0. The van der Waals surface area contributed by atoms with Crippen LogP contribution in [0, 0.1) is 0 Å². The predicted molar refractivity (Wildman–Crippen MR) is 114 cm³/mol. The first-order chi connectivity index (χ1) is 14.0. The lowest BCUT2D eigenvalue weighted by atomic mass is 10.2. The van der Waals surface area contributed by atoms with E-state index in [1.54, 1.807) is 62.3 Å². The van der Waals surface area contributed by atoms with Crippen LogP contribution in [-0.2, 0) is 25.5 Å². The normalized spacial score (nSPS) is 12.0. The molecule has 0 saturated carbocycles. The van der Waals surface area contributed by atoms with E-state index in [9.17, 15) is 14.4 Å². The summed E-state index contributed by atoms with van der Waals surface area (Å²) in [6, 6.07) is 0. The first kappa shape index (κ1) is 26.1. The molecule has 2 amide bonds. The van der Waals surface area contributed by atoms with Gasteiger partial charge >= 0.3 is 18.3 Å². The van der Waals surface area contributed by atoms with Crippen molar-refractivity contribution >= 4 is 29.8 Å². The fourth-order valence-electron chi connectivity index (χ4n) is 2.09. The van der Waals surface area contributed by atoms with E-state index >= 15 is 0 Å². The summed E-state index contributed by atoms with van der Waals surface area (Å²) in [6.45, 7) is 15.5. The Balaban J connectivity index is 2.93. The number of nitrogens with one attached hydrogen (secondary N) is 2. The third-order valence-electron chi connectivity index (χ3n) is 3.01. The Bertz CT molecular complexity index is 783. The van der Waals surface area contributed by atoms with E-state index in [2.05, 4.69) is 15.7 Å². The highest BCUT2D eigenvalue weighted by Gasteiger charge is 2.23. The van der Waals surface area contributed by atoms with Gasteiger partial charge in [-0.3, -0.25) is 10.6 Å². The molecular weight excluding hydrogens is 408 g/mol. The SMILES string of the molecule is CC(C)(C)OC(=O)Nc1cnn(CCOC(=O)OC(C)(C)C)c1NC(=O)OC(C)(C)C.